The van der Waals surface area contributed by atoms with Crippen molar-refractivity contribution < 1.29 is 5.11 Å². The molecule has 0 unspecified atom stereocenters. The summed E-state index contributed by atoms with van der Waals surface area (Å²) in [6, 6.07) is 0. The summed E-state index contributed by atoms with van der Waals surface area (Å²) in [7, 11) is 0. The molecule has 46 valence electrons. The number of aliphatic hydroxyl groups excluding tert-OH is 1. The average Bonchev–Trinajstić information content (AvgIpc) is 1.69. The first kappa shape index (κ1) is 7.37. The van der Waals surface area contributed by atoms with Crippen LogP contribution in [0.5, 0.6) is 0 Å². The van der Waals surface area contributed by atoms with Crippen LogP contribution in [0.4, 0.5) is 0 Å². The fraction of sp³-hybridized carbons (Fsp3) is 0.500. The van der Waals surface area contributed by atoms with Crippen LogP contribution in [-0.4, -0.2) is 17.4 Å². The van der Waals surface area contributed by atoms with E-state index in [0.29, 0.717) is 5.57 Å². The molecule has 0 bridgehead atoms. The number of aliphatic hydroxyl groups is 1. The lowest BCUT2D eigenvalue weighted by molar-refractivity contribution is 0.238. The summed E-state index contributed by atoms with van der Waals surface area (Å²) in [6.07, 6.45) is 2.38. The second-order valence-electron chi connectivity index (χ2n) is 1.61. The van der Waals surface area contributed by atoms with Gasteiger partial charge in [-0.15, -0.1) is 0 Å². The van der Waals surface area contributed by atoms with E-state index in [-0.39, 0.29) is 0 Å². The third kappa shape index (κ3) is 1.89. The third-order valence-electron chi connectivity index (χ3n) is 0.982. The van der Waals surface area contributed by atoms with Crippen LogP contribution in [-0.2, 0) is 0 Å². The van der Waals surface area contributed by atoms with Crippen LogP contribution in [0.25, 0.3) is 0 Å². The molecule has 0 saturated carbocycles. The van der Waals surface area contributed by atoms with Crippen molar-refractivity contribution in [3.8, 4) is 0 Å². The van der Waals surface area contributed by atoms with E-state index in [1.807, 2.05) is 0 Å². The maximum Gasteiger partial charge on any atom is 0.0773 e. The van der Waals surface area contributed by atoms with E-state index in [2.05, 4.69) is 0 Å². The van der Waals surface area contributed by atoms with E-state index in [1.165, 1.54) is 0 Å². The van der Waals surface area contributed by atoms with Crippen LogP contribution >= 0.6 is 0 Å². The summed E-state index contributed by atoms with van der Waals surface area (Å²) in [5, 5.41) is 15.5. The van der Waals surface area contributed by atoms with Gasteiger partial charge in [0.25, 0.3) is 0 Å². The van der Waals surface area contributed by atoms with Crippen molar-refractivity contribution in [2.24, 2.45) is 0 Å². The minimum atomic E-state index is -0.502. The first-order valence-corrected chi connectivity index (χ1v) is 2.57. The van der Waals surface area contributed by atoms with Gasteiger partial charge in [0.15, 0.2) is 0 Å². The smallest absolute Gasteiger partial charge is 0.0773 e. The van der Waals surface area contributed by atoms with Crippen LogP contribution in [0.15, 0.2) is 11.6 Å². The number of rotatable bonds is 2. The predicted octanol–water partition coefficient (Wildman–Crippen LogP) is 0.963. The molecular weight excluding hydrogens is 102 g/mol. The van der Waals surface area contributed by atoms with Crippen molar-refractivity contribution in [1.29, 1.82) is 5.41 Å². The summed E-state index contributed by atoms with van der Waals surface area (Å²) in [4.78, 5) is 0. The molecule has 2 N–H and O–H groups in total. The minimum Gasteiger partial charge on any atom is -0.389 e. The maximum absolute atomic E-state index is 8.79. The molecule has 0 aromatic heterocycles. The van der Waals surface area contributed by atoms with Crippen molar-refractivity contribution in [1.82, 2.24) is 0 Å². The Morgan fingerprint density at radius 2 is 2.25 bits per heavy atom. The van der Waals surface area contributed by atoms with E-state index in [4.69, 9.17) is 10.5 Å². The molecule has 0 aliphatic carbocycles. The fourth-order valence-corrected chi connectivity index (χ4v) is 0.445. The maximum atomic E-state index is 8.79. The molecule has 0 heterocycles. The average molecular weight is 113 g/mol. The molecule has 0 aliphatic heterocycles. The first-order chi connectivity index (χ1) is 3.72. The molecule has 2 nitrogen and oxygen atoms in total. The Hall–Kier alpha value is -0.630. The van der Waals surface area contributed by atoms with Gasteiger partial charge in [0.1, 0.15) is 0 Å². The summed E-state index contributed by atoms with van der Waals surface area (Å²) >= 11 is 0. The standard InChI is InChI=1S/C6H11NO/c1-3-6(4-7)5(2)8/h3-5,7-8H,1-2H3/b6-3+,7-4?/t5-/m0/s1. The van der Waals surface area contributed by atoms with Crippen LogP contribution in [0.2, 0.25) is 0 Å². The van der Waals surface area contributed by atoms with Crippen LogP contribution < -0.4 is 0 Å². The zero-order valence-corrected chi connectivity index (χ0v) is 5.18. The van der Waals surface area contributed by atoms with Gasteiger partial charge in [-0.3, -0.25) is 0 Å². The van der Waals surface area contributed by atoms with Gasteiger partial charge in [0.05, 0.1) is 6.10 Å². The van der Waals surface area contributed by atoms with Gasteiger partial charge in [0.2, 0.25) is 0 Å². The Labute approximate surface area is 49.4 Å². The molecule has 2 heteroatoms. The van der Waals surface area contributed by atoms with Crippen LogP contribution in [0.1, 0.15) is 13.8 Å². The minimum absolute atomic E-state index is 0.502. The Bertz CT molecular complexity index is 105. The molecule has 0 aromatic carbocycles. The van der Waals surface area contributed by atoms with Gasteiger partial charge in [0, 0.05) is 6.21 Å². The fourth-order valence-electron chi connectivity index (χ4n) is 0.445. The number of allylic oxidation sites excluding steroid dienone is 1. The lowest BCUT2D eigenvalue weighted by Crippen LogP contribution is -2.04. The molecule has 0 amide bonds. The largest absolute Gasteiger partial charge is 0.389 e. The van der Waals surface area contributed by atoms with Crippen LogP contribution in [0.3, 0.4) is 0 Å². The van der Waals surface area contributed by atoms with E-state index in [9.17, 15) is 0 Å². The van der Waals surface area contributed by atoms with Gasteiger partial charge in [-0.25, -0.2) is 0 Å². The van der Waals surface area contributed by atoms with Crippen molar-refractivity contribution >= 4 is 6.21 Å². The molecule has 1 atom stereocenters. The summed E-state index contributed by atoms with van der Waals surface area (Å²) in [5.74, 6) is 0. The Balaban J connectivity index is 3.91. The molecule has 0 saturated heterocycles. The molecule has 0 fully saturated rings. The Kier molecular flexibility index (Phi) is 3.12. The molecule has 8 heavy (non-hydrogen) atoms. The first-order valence-electron chi connectivity index (χ1n) is 2.57. The molecule has 0 radical (unpaired) electrons. The van der Waals surface area contributed by atoms with Gasteiger partial charge in [-0.1, -0.05) is 6.08 Å². The Morgan fingerprint density at radius 3 is 2.25 bits per heavy atom. The van der Waals surface area contributed by atoms with E-state index >= 15 is 0 Å². The van der Waals surface area contributed by atoms with Gasteiger partial charge in [-0.2, -0.15) is 0 Å². The van der Waals surface area contributed by atoms with Crippen LogP contribution in [0, 0.1) is 5.41 Å². The van der Waals surface area contributed by atoms with E-state index in [0.717, 1.165) is 6.21 Å². The van der Waals surface area contributed by atoms with Crippen molar-refractivity contribution in [3.05, 3.63) is 11.6 Å². The van der Waals surface area contributed by atoms with Gasteiger partial charge in [-0.05, 0) is 19.4 Å². The number of hydrogen-bond acceptors (Lipinski definition) is 2. The van der Waals surface area contributed by atoms with Crippen molar-refractivity contribution in [2.75, 3.05) is 0 Å². The van der Waals surface area contributed by atoms with Crippen molar-refractivity contribution in [3.63, 3.8) is 0 Å². The number of nitrogens with one attached hydrogen (secondary N) is 1. The quantitative estimate of drug-likeness (QED) is 0.515. The van der Waals surface area contributed by atoms with Gasteiger partial charge >= 0.3 is 0 Å². The highest BCUT2D eigenvalue weighted by Gasteiger charge is 1.96. The Morgan fingerprint density at radius 1 is 1.75 bits per heavy atom. The van der Waals surface area contributed by atoms with Gasteiger partial charge < -0.3 is 10.5 Å². The third-order valence-corrected chi connectivity index (χ3v) is 0.982. The molecule has 0 spiro atoms. The predicted molar refractivity (Wildman–Crippen MR) is 34.2 cm³/mol. The van der Waals surface area contributed by atoms with E-state index in [1.54, 1.807) is 19.9 Å². The second-order valence-corrected chi connectivity index (χ2v) is 1.61. The van der Waals surface area contributed by atoms with Crippen molar-refractivity contribution in [2.45, 2.75) is 20.0 Å². The molecule has 0 aliphatic rings. The zero-order valence-electron chi connectivity index (χ0n) is 5.18. The summed E-state index contributed by atoms with van der Waals surface area (Å²) < 4.78 is 0. The SMILES string of the molecule is C/C=C(\C=N)[C@H](C)O. The lowest BCUT2D eigenvalue weighted by Gasteiger charge is -2.00. The second kappa shape index (κ2) is 3.38. The van der Waals surface area contributed by atoms with E-state index < -0.39 is 6.10 Å². The summed E-state index contributed by atoms with van der Waals surface area (Å²) in [5.41, 5.74) is 0.657. The topological polar surface area (TPSA) is 44.1 Å². The highest BCUT2D eigenvalue weighted by molar-refractivity contribution is 5.76. The summed E-state index contributed by atoms with van der Waals surface area (Å²) in [6.45, 7) is 3.44. The molecule has 0 rings (SSSR count). The molecule has 0 aromatic rings. The highest BCUT2D eigenvalue weighted by Crippen LogP contribution is 1.95. The zero-order chi connectivity index (χ0) is 6.57. The normalized spacial score (nSPS) is 15.6. The highest BCUT2D eigenvalue weighted by atomic mass is 16.3. The monoisotopic (exact) mass is 113 g/mol. The molecular formula is C6H11NO. The number of hydrogen-bond donors (Lipinski definition) is 2. The lowest BCUT2D eigenvalue weighted by atomic mass is 10.2.